The summed E-state index contributed by atoms with van der Waals surface area (Å²) in [5.41, 5.74) is 1.64. The van der Waals surface area contributed by atoms with E-state index in [1.807, 2.05) is 6.92 Å². The van der Waals surface area contributed by atoms with Crippen LogP contribution in [0, 0.1) is 6.92 Å². The number of halogens is 1. The van der Waals surface area contributed by atoms with Gasteiger partial charge in [0.15, 0.2) is 17.6 Å². The van der Waals surface area contributed by atoms with Gasteiger partial charge < -0.3 is 14.8 Å². The summed E-state index contributed by atoms with van der Waals surface area (Å²) in [4.78, 5) is 12.5. The number of nitrogens with one attached hydrogen (secondary N) is 2. The van der Waals surface area contributed by atoms with E-state index >= 15 is 0 Å². The van der Waals surface area contributed by atoms with Crippen LogP contribution in [0.5, 0.6) is 11.5 Å². The molecule has 0 bridgehead atoms. The summed E-state index contributed by atoms with van der Waals surface area (Å²) in [6, 6.07) is 17.7. The monoisotopic (exact) mass is 474 g/mol. The number of sulfonamides is 1. The molecule has 168 valence electrons. The summed E-state index contributed by atoms with van der Waals surface area (Å²) in [5.74, 6) is 0.574. The molecule has 0 aliphatic heterocycles. The topological polar surface area (TPSA) is 93.7 Å². The Kier molecular flexibility index (Phi) is 7.27. The molecule has 1 atom stereocenters. The Bertz CT molecular complexity index is 1210. The van der Waals surface area contributed by atoms with Crippen LogP contribution in [0.4, 0.5) is 11.4 Å². The number of anilines is 2. The van der Waals surface area contributed by atoms with E-state index in [1.54, 1.807) is 49.4 Å². The van der Waals surface area contributed by atoms with Gasteiger partial charge in [0, 0.05) is 10.7 Å². The summed E-state index contributed by atoms with van der Waals surface area (Å²) in [5, 5.41) is 3.17. The summed E-state index contributed by atoms with van der Waals surface area (Å²) >= 11 is 6.06. The smallest absolute Gasteiger partial charge is 0.265 e. The molecule has 0 spiro atoms. The van der Waals surface area contributed by atoms with Crippen LogP contribution in [0.3, 0.4) is 0 Å². The zero-order valence-electron chi connectivity index (χ0n) is 17.8. The van der Waals surface area contributed by atoms with E-state index in [-0.39, 0.29) is 10.8 Å². The van der Waals surface area contributed by atoms with Gasteiger partial charge in [0.1, 0.15) is 0 Å². The van der Waals surface area contributed by atoms with Gasteiger partial charge in [0.25, 0.3) is 15.9 Å². The minimum Gasteiger partial charge on any atom is -0.493 e. The fourth-order valence-corrected chi connectivity index (χ4v) is 4.02. The molecule has 0 saturated carbocycles. The van der Waals surface area contributed by atoms with Crippen molar-refractivity contribution in [3.8, 4) is 11.5 Å². The molecule has 0 aliphatic rings. The molecule has 2 N–H and O–H groups in total. The predicted molar refractivity (Wildman–Crippen MR) is 125 cm³/mol. The van der Waals surface area contributed by atoms with Crippen LogP contribution in [0.1, 0.15) is 12.5 Å². The molecule has 9 heteroatoms. The molecular formula is C23H23ClN2O5S. The predicted octanol–water partition coefficient (Wildman–Crippen LogP) is 4.86. The van der Waals surface area contributed by atoms with Crippen LogP contribution in [0.2, 0.25) is 5.02 Å². The highest BCUT2D eigenvalue weighted by Crippen LogP contribution is 2.27. The fourth-order valence-electron chi connectivity index (χ4n) is 2.79. The minimum absolute atomic E-state index is 0.0468. The van der Waals surface area contributed by atoms with Crippen LogP contribution in [0.25, 0.3) is 0 Å². The van der Waals surface area contributed by atoms with Crippen molar-refractivity contribution < 1.29 is 22.7 Å². The Hall–Kier alpha value is -3.23. The fraction of sp³-hybridized carbons (Fsp3) is 0.174. The largest absolute Gasteiger partial charge is 0.493 e. The summed E-state index contributed by atoms with van der Waals surface area (Å²) in [6.07, 6.45) is -0.803. The molecule has 0 fully saturated rings. The highest BCUT2D eigenvalue weighted by Gasteiger charge is 2.18. The van der Waals surface area contributed by atoms with Crippen LogP contribution < -0.4 is 19.5 Å². The van der Waals surface area contributed by atoms with E-state index in [1.165, 1.54) is 31.4 Å². The lowest BCUT2D eigenvalue weighted by Crippen LogP contribution is -2.30. The lowest BCUT2D eigenvalue weighted by molar-refractivity contribution is -0.122. The Balaban J connectivity index is 1.65. The van der Waals surface area contributed by atoms with Gasteiger partial charge in [-0.05, 0) is 67.9 Å². The van der Waals surface area contributed by atoms with Gasteiger partial charge in [-0.1, -0.05) is 29.8 Å². The van der Waals surface area contributed by atoms with E-state index < -0.39 is 16.1 Å². The van der Waals surface area contributed by atoms with Crippen molar-refractivity contribution in [3.05, 3.63) is 77.3 Å². The molecule has 3 aromatic carbocycles. The van der Waals surface area contributed by atoms with E-state index in [2.05, 4.69) is 10.0 Å². The van der Waals surface area contributed by atoms with E-state index in [4.69, 9.17) is 21.1 Å². The normalized spacial score (nSPS) is 12.0. The second-order valence-corrected chi connectivity index (χ2v) is 9.08. The quantitative estimate of drug-likeness (QED) is 0.486. The lowest BCUT2D eigenvalue weighted by atomic mass is 10.2. The van der Waals surface area contributed by atoms with E-state index in [0.29, 0.717) is 27.9 Å². The Labute approximate surface area is 192 Å². The maximum Gasteiger partial charge on any atom is 0.265 e. The number of methoxy groups -OCH3 is 1. The minimum atomic E-state index is -3.81. The number of aryl methyl sites for hydroxylation is 1. The molecule has 0 saturated heterocycles. The molecule has 3 rings (SSSR count). The van der Waals surface area contributed by atoms with Gasteiger partial charge in [-0.15, -0.1) is 0 Å². The van der Waals surface area contributed by atoms with Gasteiger partial charge in [-0.2, -0.15) is 0 Å². The number of ether oxygens (including phenoxy) is 2. The molecule has 0 heterocycles. The lowest BCUT2D eigenvalue weighted by Gasteiger charge is -2.16. The van der Waals surface area contributed by atoms with Gasteiger partial charge in [0.2, 0.25) is 0 Å². The first kappa shape index (κ1) is 23.4. The van der Waals surface area contributed by atoms with Crippen molar-refractivity contribution in [2.45, 2.75) is 24.8 Å². The molecule has 7 nitrogen and oxygen atoms in total. The number of hydrogen-bond donors (Lipinski definition) is 2. The molecule has 0 aromatic heterocycles. The number of hydrogen-bond acceptors (Lipinski definition) is 5. The van der Waals surface area contributed by atoms with Crippen molar-refractivity contribution in [3.63, 3.8) is 0 Å². The highest BCUT2D eigenvalue weighted by molar-refractivity contribution is 7.92. The number of para-hydroxylation sites is 2. The Morgan fingerprint density at radius 2 is 1.59 bits per heavy atom. The number of carbonyl (C=O) groups is 1. The number of amides is 1. The van der Waals surface area contributed by atoms with Crippen LogP contribution in [0.15, 0.2) is 71.6 Å². The van der Waals surface area contributed by atoms with Gasteiger partial charge in [0.05, 0.1) is 17.7 Å². The van der Waals surface area contributed by atoms with Gasteiger partial charge in [-0.3, -0.25) is 9.52 Å². The van der Waals surface area contributed by atoms with Crippen molar-refractivity contribution in [1.29, 1.82) is 0 Å². The summed E-state index contributed by atoms with van der Waals surface area (Å²) in [7, 11) is -2.29. The first-order chi connectivity index (χ1) is 15.2. The zero-order valence-corrected chi connectivity index (χ0v) is 19.3. The molecule has 3 aromatic rings. The standard InChI is InChI=1S/C23H23ClN2O5S/c1-15-8-9-18(14-20(15)24)26-32(28,29)19-12-10-17(11-13-19)25-23(27)16(2)31-22-7-5-4-6-21(22)30-3/h4-14,16,26H,1-3H3,(H,25,27)/t16-/m0/s1. The number of benzene rings is 3. The van der Waals surface area contributed by atoms with Crippen molar-refractivity contribution in [2.75, 3.05) is 17.1 Å². The third kappa shape index (κ3) is 5.72. The van der Waals surface area contributed by atoms with E-state index in [0.717, 1.165) is 5.56 Å². The van der Waals surface area contributed by atoms with Crippen LogP contribution in [-0.4, -0.2) is 27.5 Å². The first-order valence-corrected chi connectivity index (χ1v) is 11.6. The number of carbonyl (C=O) groups excluding carboxylic acids is 1. The van der Waals surface area contributed by atoms with Crippen molar-refractivity contribution in [2.24, 2.45) is 0 Å². The van der Waals surface area contributed by atoms with E-state index in [9.17, 15) is 13.2 Å². The van der Waals surface area contributed by atoms with Crippen LogP contribution >= 0.6 is 11.6 Å². The van der Waals surface area contributed by atoms with Gasteiger partial charge in [-0.25, -0.2) is 8.42 Å². The van der Waals surface area contributed by atoms with Crippen LogP contribution in [-0.2, 0) is 14.8 Å². The first-order valence-electron chi connectivity index (χ1n) is 9.69. The maximum atomic E-state index is 12.6. The molecule has 0 aliphatic carbocycles. The molecule has 1 amide bonds. The van der Waals surface area contributed by atoms with Crippen molar-refractivity contribution in [1.82, 2.24) is 0 Å². The zero-order chi connectivity index (χ0) is 23.3. The third-order valence-corrected chi connectivity index (χ3v) is 6.40. The third-order valence-electron chi connectivity index (χ3n) is 4.60. The summed E-state index contributed by atoms with van der Waals surface area (Å²) in [6.45, 7) is 3.44. The average Bonchev–Trinajstić information content (AvgIpc) is 2.77. The SMILES string of the molecule is COc1ccccc1O[C@@H](C)C(=O)Nc1ccc(S(=O)(=O)Nc2ccc(C)c(Cl)c2)cc1. The average molecular weight is 475 g/mol. The molecule has 0 unspecified atom stereocenters. The van der Waals surface area contributed by atoms with Gasteiger partial charge >= 0.3 is 0 Å². The summed E-state index contributed by atoms with van der Waals surface area (Å²) < 4.78 is 38.6. The second kappa shape index (κ2) is 9.93. The molecule has 0 radical (unpaired) electrons. The second-order valence-electron chi connectivity index (χ2n) is 6.99. The number of rotatable bonds is 8. The van der Waals surface area contributed by atoms with Crippen molar-refractivity contribution >= 4 is 38.9 Å². The molecule has 32 heavy (non-hydrogen) atoms. The Morgan fingerprint density at radius 1 is 0.969 bits per heavy atom. The molecular weight excluding hydrogens is 452 g/mol. The maximum absolute atomic E-state index is 12.6. The highest BCUT2D eigenvalue weighted by atomic mass is 35.5. The Morgan fingerprint density at radius 3 is 2.22 bits per heavy atom.